The van der Waals surface area contributed by atoms with E-state index in [-0.39, 0.29) is 0 Å². The molecule has 0 aromatic rings. The van der Waals surface area contributed by atoms with Crippen LogP contribution in [0.5, 0.6) is 0 Å². The Bertz CT molecular complexity index is 77.7. The molecule has 5 heteroatoms. The average molecular weight is 125 g/mol. The van der Waals surface area contributed by atoms with Crippen molar-refractivity contribution in [2.24, 2.45) is 0 Å². The molecule has 0 saturated carbocycles. The van der Waals surface area contributed by atoms with Crippen molar-refractivity contribution < 1.29 is 18.3 Å². The number of aliphatic carboxylic acids is 1. The predicted octanol–water partition coefficient (Wildman–Crippen LogP) is -0.417. The van der Waals surface area contributed by atoms with E-state index in [1.165, 1.54) is 0 Å². The second-order valence-electron chi connectivity index (χ2n) is 0.594. The third-order valence-corrected chi connectivity index (χ3v) is 0. The van der Waals surface area contributed by atoms with Crippen molar-refractivity contribution in [3.63, 3.8) is 0 Å². The Morgan fingerprint density at radius 1 is 1.57 bits per heavy atom. The van der Waals surface area contributed by atoms with Gasteiger partial charge in [-0.1, -0.05) is 11.6 Å². The maximum Gasteiger partial charge on any atom is 0.300 e. The number of carbonyl (C=O) groups is 1. The summed E-state index contributed by atoms with van der Waals surface area (Å²) in [6.45, 7) is 1.08. The van der Waals surface area contributed by atoms with Gasteiger partial charge in [-0.15, -0.1) is 0 Å². The van der Waals surface area contributed by atoms with Crippen LogP contribution < -0.4 is 0 Å². The van der Waals surface area contributed by atoms with Crippen LogP contribution >= 0.6 is 0 Å². The lowest BCUT2D eigenvalue weighted by molar-refractivity contribution is -0.134. The molecule has 0 spiro atoms. The summed E-state index contributed by atoms with van der Waals surface area (Å²) < 4.78 is 16.7. The Kier molecular flexibility index (Phi) is 12.5. The van der Waals surface area contributed by atoms with E-state index in [2.05, 4.69) is 0 Å². The minimum atomic E-state index is -1.08. The molecule has 0 aliphatic carbocycles. The zero-order valence-electron chi connectivity index (χ0n) is 3.62. The van der Waals surface area contributed by atoms with Crippen LogP contribution in [-0.4, -0.2) is 11.1 Å². The van der Waals surface area contributed by atoms with Crippen LogP contribution in [0.1, 0.15) is 6.92 Å². The van der Waals surface area contributed by atoms with Crippen LogP contribution in [0, 0.1) is 0 Å². The second kappa shape index (κ2) is 9.05. The maximum absolute atomic E-state index is 9.00. The molecule has 44 valence electrons. The lowest BCUT2D eigenvalue weighted by atomic mass is 10.9. The lowest BCUT2D eigenvalue weighted by Crippen LogP contribution is -1.78. The maximum atomic E-state index is 9.00. The van der Waals surface area contributed by atoms with Gasteiger partial charge in [-0.05, 0) is 0 Å². The summed E-state index contributed by atoms with van der Waals surface area (Å²) in [5.41, 5.74) is 0. The van der Waals surface area contributed by atoms with Gasteiger partial charge in [-0.3, -0.25) is 4.79 Å². The van der Waals surface area contributed by atoms with Gasteiger partial charge in [0.25, 0.3) is 5.97 Å². The first-order valence-corrected chi connectivity index (χ1v) is 2.02. The van der Waals surface area contributed by atoms with E-state index in [0.29, 0.717) is 0 Å². The van der Waals surface area contributed by atoms with E-state index in [1.54, 1.807) is 0 Å². The number of carboxylic acid groups (broad SMARTS) is 1. The summed E-state index contributed by atoms with van der Waals surface area (Å²) in [7, 11) is 0. The first-order chi connectivity index (χ1) is 3.15. The molecule has 0 aliphatic heterocycles. The minimum Gasteiger partial charge on any atom is -0.481 e. The van der Waals surface area contributed by atoms with Crippen molar-refractivity contribution in [2.75, 3.05) is 0 Å². The average Bonchev–Trinajstić information content (AvgIpc) is 1.33. The van der Waals surface area contributed by atoms with Gasteiger partial charge in [-0.2, -0.15) is 0 Å². The first kappa shape index (κ1) is 9.65. The van der Waals surface area contributed by atoms with Crippen LogP contribution in [0.2, 0.25) is 0 Å². The van der Waals surface area contributed by atoms with E-state index in [0.717, 1.165) is 6.92 Å². The fraction of sp³-hybridized carbons (Fsp3) is 0.500. The number of hydrogen-bond acceptors (Lipinski definition) is 4. The summed E-state index contributed by atoms with van der Waals surface area (Å²) in [4.78, 5) is 9.00. The molecule has 0 saturated heterocycles. The highest BCUT2D eigenvalue weighted by Gasteiger charge is 1.65. The molecule has 1 N–H and O–H groups in total. The zero-order valence-corrected chi connectivity index (χ0v) is 4.51. The quantitative estimate of drug-likeness (QED) is 0.352. The third kappa shape index (κ3) is 188. The van der Waals surface area contributed by atoms with E-state index in [4.69, 9.17) is 18.3 Å². The Morgan fingerprint density at radius 3 is 1.57 bits per heavy atom. The molecule has 0 amide bonds. The van der Waals surface area contributed by atoms with Crippen LogP contribution in [0.3, 0.4) is 0 Å². The summed E-state index contributed by atoms with van der Waals surface area (Å²) in [5, 5.41) is 7.42. The van der Waals surface area contributed by atoms with E-state index in [1.807, 2.05) is 0 Å². The monoisotopic (exact) mass is 125 g/mol. The van der Waals surface area contributed by atoms with Gasteiger partial charge in [0.05, 0.1) is 0 Å². The van der Waals surface area contributed by atoms with Crippen molar-refractivity contribution in [1.29, 1.82) is 0 Å². The highest BCUT2D eigenvalue weighted by molar-refractivity contribution is 7.51. The first-order valence-electron chi connectivity index (χ1n) is 1.29. The minimum absolute atomic E-state index is 0.833. The molecule has 0 atom stereocenters. The number of carboxylic acids is 1. The van der Waals surface area contributed by atoms with Crippen LogP contribution in [0.15, 0.2) is 0 Å². The van der Waals surface area contributed by atoms with E-state index in [9.17, 15) is 0 Å². The van der Waals surface area contributed by atoms with Crippen molar-refractivity contribution >= 4 is 17.5 Å². The molecule has 7 heavy (non-hydrogen) atoms. The van der Waals surface area contributed by atoms with Gasteiger partial charge in [0, 0.05) is 6.92 Å². The number of thiol groups is 1. The van der Waals surface area contributed by atoms with Gasteiger partial charge < -0.3 is 13.5 Å². The van der Waals surface area contributed by atoms with Crippen molar-refractivity contribution in [3.8, 4) is 0 Å². The predicted molar refractivity (Wildman–Crippen MR) is 23.4 cm³/mol. The molecular weight excluding hydrogens is 120 g/mol. The van der Waals surface area contributed by atoms with Crippen LogP contribution in [0.4, 0.5) is 0 Å². The Hall–Kier alpha value is -0.580. The topological polar surface area (TPSA) is 71.4 Å². The summed E-state index contributed by atoms with van der Waals surface area (Å²) in [6.07, 6.45) is 0. The standard InChI is InChI=1S/C2H4O2.HO2S/c1-2(3)4;1-3-2/h1H3,(H,3,4);3H/q;-1. The van der Waals surface area contributed by atoms with Gasteiger partial charge >= 0.3 is 0 Å². The summed E-state index contributed by atoms with van der Waals surface area (Å²) in [5.74, 6) is -0.833. The number of hydrogen-bond donors (Lipinski definition) is 1. The van der Waals surface area contributed by atoms with Gasteiger partial charge in [0.15, 0.2) is 0 Å². The molecule has 0 unspecified atom stereocenters. The molecule has 0 fully saturated rings. The summed E-state index contributed by atoms with van der Waals surface area (Å²) in [6, 6.07) is 0. The molecule has 0 aromatic heterocycles. The van der Waals surface area contributed by atoms with Gasteiger partial charge in [-0.25, -0.2) is 0 Å². The SMILES string of the molecule is CC(=O)O.O=[SH-]=O. The van der Waals surface area contributed by atoms with Crippen LogP contribution in [0.25, 0.3) is 0 Å². The molecule has 0 radical (unpaired) electrons. The normalized spacial score (nSPS) is 5.86. The largest absolute Gasteiger partial charge is 0.481 e. The lowest BCUT2D eigenvalue weighted by Gasteiger charge is -1.59. The van der Waals surface area contributed by atoms with Crippen LogP contribution in [-0.2, 0) is 24.8 Å². The Balaban J connectivity index is 0. The second-order valence-corrected chi connectivity index (χ2v) is 0.743. The Morgan fingerprint density at radius 2 is 1.57 bits per heavy atom. The molecular formula is C2H5O4S-. The summed E-state index contributed by atoms with van der Waals surface area (Å²) >= 11 is -1.08. The van der Waals surface area contributed by atoms with Crippen molar-refractivity contribution in [1.82, 2.24) is 0 Å². The fourth-order valence-corrected chi connectivity index (χ4v) is 0. The van der Waals surface area contributed by atoms with E-state index < -0.39 is 17.5 Å². The van der Waals surface area contributed by atoms with Gasteiger partial charge in [0.2, 0.25) is 0 Å². The molecule has 0 aliphatic rings. The molecule has 0 rings (SSSR count). The smallest absolute Gasteiger partial charge is 0.300 e. The third-order valence-electron chi connectivity index (χ3n) is 0. The van der Waals surface area contributed by atoms with E-state index >= 15 is 0 Å². The molecule has 4 nitrogen and oxygen atoms in total. The van der Waals surface area contributed by atoms with Crippen molar-refractivity contribution in [2.45, 2.75) is 6.92 Å². The number of rotatable bonds is 0. The molecule has 0 aromatic carbocycles. The fourth-order valence-electron chi connectivity index (χ4n) is 0. The Labute approximate surface area is 43.8 Å². The van der Waals surface area contributed by atoms with Gasteiger partial charge in [0.1, 0.15) is 0 Å². The van der Waals surface area contributed by atoms with Crippen molar-refractivity contribution in [3.05, 3.63) is 0 Å². The highest BCUT2D eigenvalue weighted by atomic mass is 32.1. The molecule has 0 heterocycles. The zero-order chi connectivity index (χ0) is 6.28. The molecule has 0 bridgehead atoms. The highest BCUT2D eigenvalue weighted by Crippen LogP contribution is 1.42.